The normalized spacial score (nSPS) is 28.2. The molecule has 2 aromatic rings. The number of aliphatic hydroxyl groups is 1. The number of carbonyl (C=O) groups is 1. The van der Waals surface area contributed by atoms with Crippen molar-refractivity contribution in [3.8, 4) is 0 Å². The summed E-state index contributed by atoms with van der Waals surface area (Å²) in [6.07, 6.45) is 0.395. The molecule has 1 saturated heterocycles. The molecule has 8 nitrogen and oxygen atoms in total. The molecule has 2 aliphatic heterocycles. The SMILES string of the molecule is COCc1ncc(C2(O)CCC(N3CC[C@@H](NC(=O)C4CC(c5cccc(C(F)(F)F)c5)=NO4)C3)CC2)s1. The average molecular weight is 553 g/mol. The lowest BCUT2D eigenvalue weighted by Gasteiger charge is -2.39. The Kier molecular flexibility index (Phi) is 7.77. The fourth-order valence-corrected chi connectivity index (χ4v) is 6.54. The van der Waals surface area contributed by atoms with Crippen molar-refractivity contribution in [2.45, 2.75) is 75.1 Å². The molecule has 12 heteroatoms. The Balaban J connectivity index is 1.09. The molecular formula is C26H31F3N4O4S. The third kappa shape index (κ3) is 5.88. The highest BCUT2D eigenvalue weighted by molar-refractivity contribution is 7.11. The number of carbonyl (C=O) groups excluding carboxylic acids is 1. The smallest absolute Gasteiger partial charge is 0.384 e. The number of ether oxygens (including phenoxy) is 1. The van der Waals surface area contributed by atoms with E-state index in [4.69, 9.17) is 9.57 Å². The monoisotopic (exact) mass is 552 g/mol. The molecule has 3 heterocycles. The van der Waals surface area contributed by atoms with Crippen LogP contribution >= 0.6 is 11.3 Å². The van der Waals surface area contributed by atoms with Crippen LogP contribution in [0.25, 0.3) is 0 Å². The van der Waals surface area contributed by atoms with Crippen LogP contribution < -0.4 is 5.32 Å². The first-order valence-electron chi connectivity index (χ1n) is 12.8. The minimum Gasteiger partial charge on any atom is -0.384 e. The number of benzene rings is 1. The number of hydrogen-bond acceptors (Lipinski definition) is 8. The van der Waals surface area contributed by atoms with Gasteiger partial charge in [0.15, 0.2) is 0 Å². The van der Waals surface area contributed by atoms with E-state index in [0.717, 1.165) is 47.8 Å². The van der Waals surface area contributed by atoms with Crippen molar-refractivity contribution in [1.82, 2.24) is 15.2 Å². The van der Waals surface area contributed by atoms with Gasteiger partial charge in [-0.1, -0.05) is 17.3 Å². The van der Waals surface area contributed by atoms with Gasteiger partial charge < -0.3 is 20.0 Å². The summed E-state index contributed by atoms with van der Waals surface area (Å²) in [6.45, 7) is 2.00. The van der Waals surface area contributed by atoms with Gasteiger partial charge in [-0.2, -0.15) is 13.2 Å². The van der Waals surface area contributed by atoms with Crippen LogP contribution in [0.3, 0.4) is 0 Å². The number of oxime groups is 1. The van der Waals surface area contributed by atoms with Crippen molar-refractivity contribution in [2.75, 3.05) is 20.2 Å². The first kappa shape index (κ1) is 27.0. The van der Waals surface area contributed by atoms with Crippen LogP contribution in [-0.2, 0) is 32.8 Å². The summed E-state index contributed by atoms with van der Waals surface area (Å²) >= 11 is 1.50. The molecular weight excluding hydrogens is 521 g/mol. The van der Waals surface area contributed by atoms with E-state index < -0.39 is 23.4 Å². The van der Waals surface area contributed by atoms with Crippen molar-refractivity contribution in [3.05, 3.63) is 51.5 Å². The number of likely N-dealkylation sites (tertiary alicyclic amines) is 1. The summed E-state index contributed by atoms with van der Waals surface area (Å²) in [4.78, 5) is 25.7. The first-order chi connectivity index (χ1) is 18.1. The Morgan fingerprint density at radius 1 is 1.32 bits per heavy atom. The predicted molar refractivity (Wildman–Crippen MR) is 135 cm³/mol. The Bertz CT molecular complexity index is 1180. The van der Waals surface area contributed by atoms with Crippen LogP contribution in [0.15, 0.2) is 35.6 Å². The maximum atomic E-state index is 13.0. The van der Waals surface area contributed by atoms with E-state index in [1.165, 1.54) is 23.5 Å². The predicted octanol–water partition coefficient (Wildman–Crippen LogP) is 3.82. The highest BCUT2D eigenvalue weighted by Gasteiger charge is 2.40. The molecule has 5 rings (SSSR count). The highest BCUT2D eigenvalue weighted by atomic mass is 32.1. The summed E-state index contributed by atoms with van der Waals surface area (Å²) in [5.41, 5.74) is -0.993. The third-order valence-corrected chi connectivity index (χ3v) is 8.79. The molecule has 3 aliphatic rings. The zero-order valence-electron chi connectivity index (χ0n) is 21.0. The van der Waals surface area contributed by atoms with Gasteiger partial charge in [0.2, 0.25) is 6.10 Å². The number of nitrogens with zero attached hydrogens (tertiary/aromatic N) is 3. The lowest BCUT2D eigenvalue weighted by molar-refractivity contribution is -0.137. The van der Waals surface area contributed by atoms with Crippen LogP contribution in [0.1, 0.15) is 59.5 Å². The van der Waals surface area contributed by atoms with Crippen LogP contribution in [0.2, 0.25) is 0 Å². The quantitative estimate of drug-likeness (QED) is 0.542. The van der Waals surface area contributed by atoms with Gasteiger partial charge in [0, 0.05) is 50.5 Å². The minimum atomic E-state index is -4.45. The molecule has 0 spiro atoms. The number of hydrogen-bond donors (Lipinski definition) is 2. The lowest BCUT2D eigenvalue weighted by Crippen LogP contribution is -2.45. The minimum absolute atomic E-state index is 0.0392. The number of methoxy groups -OCH3 is 1. The lowest BCUT2D eigenvalue weighted by atomic mass is 9.81. The van der Waals surface area contributed by atoms with Gasteiger partial charge in [0.25, 0.3) is 5.91 Å². The molecule has 1 amide bonds. The van der Waals surface area contributed by atoms with Gasteiger partial charge in [0.1, 0.15) is 10.6 Å². The number of amides is 1. The summed E-state index contributed by atoms with van der Waals surface area (Å²) < 4.78 is 44.2. The number of alkyl halides is 3. The number of rotatable bonds is 7. The van der Waals surface area contributed by atoms with Crippen molar-refractivity contribution in [1.29, 1.82) is 0 Å². The molecule has 1 aliphatic carbocycles. The fraction of sp³-hybridized carbons (Fsp3) is 0.577. The molecule has 1 unspecified atom stereocenters. The van der Waals surface area contributed by atoms with Crippen LogP contribution in [-0.4, -0.2) is 65.0 Å². The Morgan fingerprint density at radius 2 is 2.11 bits per heavy atom. The second kappa shape index (κ2) is 10.9. The van der Waals surface area contributed by atoms with E-state index in [1.54, 1.807) is 13.3 Å². The van der Waals surface area contributed by atoms with Gasteiger partial charge in [-0.05, 0) is 44.2 Å². The van der Waals surface area contributed by atoms with Crippen LogP contribution in [0, 0.1) is 0 Å². The number of halogens is 3. The van der Waals surface area contributed by atoms with Crippen molar-refractivity contribution in [3.63, 3.8) is 0 Å². The van der Waals surface area contributed by atoms with E-state index in [1.807, 2.05) is 0 Å². The number of nitrogens with one attached hydrogen (secondary N) is 1. The summed E-state index contributed by atoms with van der Waals surface area (Å²) in [7, 11) is 1.62. The molecule has 38 heavy (non-hydrogen) atoms. The van der Waals surface area contributed by atoms with Crippen LogP contribution in [0.5, 0.6) is 0 Å². The van der Waals surface area contributed by atoms with Crippen molar-refractivity contribution in [2.24, 2.45) is 5.16 Å². The molecule has 2 fully saturated rings. The third-order valence-electron chi connectivity index (χ3n) is 7.63. The van der Waals surface area contributed by atoms with Gasteiger partial charge >= 0.3 is 6.18 Å². The van der Waals surface area contributed by atoms with Crippen molar-refractivity contribution < 1.29 is 32.6 Å². The fourth-order valence-electron chi connectivity index (χ4n) is 5.50. The van der Waals surface area contributed by atoms with E-state index in [0.29, 0.717) is 43.3 Å². The van der Waals surface area contributed by atoms with E-state index >= 15 is 0 Å². The molecule has 1 aromatic heterocycles. The Morgan fingerprint density at radius 3 is 2.84 bits per heavy atom. The standard InChI is InChI=1S/C26H31F3N4O4S/c1-36-15-23-30-13-22(38-23)25(35)8-5-19(6-9-25)33-10-7-18(14-33)31-24(34)21-12-20(32-37-21)16-3-2-4-17(11-16)26(27,28)29/h2-4,11,13,18-19,21,35H,5-10,12,14-15H2,1H3,(H,31,34)/t18-,19?,21?,25?/m1/s1. The molecule has 0 radical (unpaired) electrons. The second-order valence-corrected chi connectivity index (χ2v) is 11.3. The summed E-state index contributed by atoms with van der Waals surface area (Å²) in [5.74, 6) is -0.308. The molecule has 206 valence electrons. The number of aromatic nitrogens is 1. The first-order valence-corrected chi connectivity index (χ1v) is 13.6. The maximum Gasteiger partial charge on any atom is 0.416 e. The summed E-state index contributed by atoms with van der Waals surface area (Å²) in [5, 5.41) is 19.0. The topological polar surface area (TPSA) is 96.3 Å². The maximum absolute atomic E-state index is 13.0. The van der Waals surface area contributed by atoms with Gasteiger partial charge in [0.05, 0.1) is 22.8 Å². The van der Waals surface area contributed by atoms with Crippen LogP contribution in [0.4, 0.5) is 13.2 Å². The average Bonchev–Trinajstić information content (AvgIpc) is 3.66. The molecule has 2 N–H and O–H groups in total. The van der Waals surface area contributed by atoms with Gasteiger partial charge in [-0.15, -0.1) is 11.3 Å². The van der Waals surface area contributed by atoms with E-state index in [9.17, 15) is 23.1 Å². The molecule has 2 atom stereocenters. The zero-order valence-corrected chi connectivity index (χ0v) is 21.9. The largest absolute Gasteiger partial charge is 0.416 e. The summed E-state index contributed by atoms with van der Waals surface area (Å²) in [6, 6.07) is 5.18. The Labute approximate surface area is 222 Å². The zero-order chi connectivity index (χ0) is 26.9. The highest BCUT2D eigenvalue weighted by Crippen LogP contribution is 2.41. The van der Waals surface area contributed by atoms with E-state index in [2.05, 4.69) is 20.4 Å². The van der Waals surface area contributed by atoms with E-state index in [-0.39, 0.29) is 18.4 Å². The van der Waals surface area contributed by atoms with Gasteiger partial charge in [-0.25, -0.2) is 4.98 Å². The van der Waals surface area contributed by atoms with Gasteiger partial charge in [-0.3, -0.25) is 9.69 Å². The molecule has 0 bridgehead atoms. The van der Waals surface area contributed by atoms with Crippen molar-refractivity contribution >= 4 is 23.0 Å². The second-order valence-electron chi connectivity index (χ2n) is 10.2. The molecule has 1 aromatic carbocycles. The number of thiazole rings is 1. The molecule has 1 saturated carbocycles. The Hall–Kier alpha value is -2.54.